The summed E-state index contributed by atoms with van der Waals surface area (Å²) in [6.45, 7) is 4.40. The molecule has 0 spiro atoms. The quantitative estimate of drug-likeness (QED) is 0.0260. The summed E-state index contributed by atoms with van der Waals surface area (Å²) in [5.74, 6) is -1.90. The Kier molecular flexibility index (Phi) is 42.3. The van der Waals surface area contributed by atoms with Crippen molar-refractivity contribution in [2.24, 2.45) is 0 Å². The van der Waals surface area contributed by atoms with Crippen LogP contribution in [0.4, 0.5) is 0 Å². The third-order valence-corrected chi connectivity index (χ3v) is 10.1. The molecule has 0 aliphatic rings. The van der Waals surface area contributed by atoms with Gasteiger partial charge in [-0.05, 0) is 96.3 Å². The molecule has 0 bridgehead atoms. The van der Waals surface area contributed by atoms with Gasteiger partial charge in [-0.25, -0.2) is 0 Å². The van der Waals surface area contributed by atoms with E-state index in [1.165, 1.54) is 38.5 Å². The van der Waals surface area contributed by atoms with Crippen molar-refractivity contribution >= 4 is 17.9 Å². The van der Waals surface area contributed by atoms with Gasteiger partial charge in [0.2, 0.25) is 0 Å². The van der Waals surface area contributed by atoms with E-state index in [1.807, 2.05) is 0 Å². The minimum absolute atomic E-state index is 0.00698. The van der Waals surface area contributed by atoms with E-state index in [-0.39, 0.29) is 49.5 Å². The van der Waals surface area contributed by atoms with E-state index in [9.17, 15) is 19.5 Å². The molecule has 0 radical (unpaired) electrons. The molecular formula is C56H89NO7. The monoisotopic (exact) mass is 888 g/mol. The van der Waals surface area contributed by atoms with Crippen molar-refractivity contribution in [3.05, 3.63) is 122 Å². The second-order valence-corrected chi connectivity index (χ2v) is 17.0. The summed E-state index contributed by atoms with van der Waals surface area (Å²) in [4.78, 5) is 36.9. The van der Waals surface area contributed by atoms with Crippen molar-refractivity contribution in [3.8, 4) is 0 Å². The Bertz CT molecular complexity index is 1450. The molecule has 360 valence electrons. The topological polar surface area (TPSA) is 102 Å². The molecule has 0 N–H and O–H groups in total. The summed E-state index contributed by atoms with van der Waals surface area (Å²) >= 11 is 0. The lowest BCUT2D eigenvalue weighted by Crippen LogP contribution is -2.55. The lowest BCUT2D eigenvalue weighted by Gasteiger charge is -2.34. The van der Waals surface area contributed by atoms with Crippen LogP contribution in [0.25, 0.3) is 0 Å². The first-order chi connectivity index (χ1) is 31.1. The van der Waals surface area contributed by atoms with Gasteiger partial charge in [-0.15, -0.1) is 0 Å². The van der Waals surface area contributed by atoms with Crippen LogP contribution in [-0.2, 0) is 28.6 Å². The SMILES string of the molecule is CC/C=C/C/C=C/C/C=C/C/C=C/C/C=C/C/C=C/C/C=C/CCCC(=O)OC(COCCC(C(=O)[O-])[N+](C)(C)C)COC(=O)CCC/C=C/C/C=C/C/C=C/CCCCCCCC. The van der Waals surface area contributed by atoms with E-state index in [0.717, 1.165) is 77.0 Å². The number of quaternary nitrogens is 1. The number of hydrogen-bond acceptors (Lipinski definition) is 7. The maximum atomic E-state index is 12.7. The molecule has 2 unspecified atom stereocenters. The first-order valence-electron chi connectivity index (χ1n) is 24.6. The van der Waals surface area contributed by atoms with Crippen LogP contribution in [0, 0.1) is 0 Å². The third-order valence-electron chi connectivity index (χ3n) is 10.1. The number of rotatable bonds is 42. The summed E-state index contributed by atoms with van der Waals surface area (Å²) in [6, 6.07) is -0.752. The van der Waals surface area contributed by atoms with E-state index in [0.29, 0.717) is 12.8 Å². The number of esters is 2. The molecule has 0 aliphatic carbocycles. The number of carbonyl (C=O) groups is 3. The van der Waals surface area contributed by atoms with Crippen LogP contribution in [0.3, 0.4) is 0 Å². The number of allylic oxidation sites excluding steroid dienone is 20. The molecule has 0 heterocycles. The number of carbonyl (C=O) groups excluding carboxylic acids is 3. The average Bonchev–Trinajstić information content (AvgIpc) is 3.26. The van der Waals surface area contributed by atoms with Crippen molar-refractivity contribution in [2.45, 2.75) is 174 Å². The number of nitrogens with zero attached hydrogens (tertiary/aromatic N) is 1. The van der Waals surface area contributed by atoms with E-state index in [4.69, 9.17) is 14.2 Å². The lowest BCUT2D eigenvalue weighted by atomic mass is 10.1. The largest absolute Gasteiger partial charge is 0.544 e. The highest BCUT2D eigenvalue weighted by Crippen LogP contribution is 2.11. The van der Waals surface area contributed by atoms with E-state index < -0.39 is 24.1 Å². The van der Waals surface area contributed by atoms with Gasteiger partial charge in [0.25, 0.3) is 0 Å². The smallest absolute Gasteiger partial charge is 0.306 e. The van der Waals surface area contributed by atoms with E-state index >= 15 is 0 Å². The fourth-order valence-corrected chi connectivity index (χ4v) is 6.31. The zero-order chi connectivity index (χ0) is 47.0. The zero-order valence-corrected chi connectivity index (χ0v) is 40.9. The second-order valence-electron chi connectivity index (χ2n) is 17.0. The van der Waals surface area contributed by atoms with Crippen LogP contribution in [0.15, 0.2) is 122 Å². The van der Waals surface area contributed by atoms with E-state index in [2.05, 4.69) is 135 Å². The Morgan fingerprint density at radius 3 is 1.30 bits per heavy atom. The van der Waals surface area contributed by atoms with Gasteiger partial charge < -0.3 is 28.6 Å². The molecule has 0 aromatic rings. The van der Waals surface area contributed by atoms with Crippen molar-refractivity contribution in [3.63, 3.8) is 0 Å². The van der Waals surface area contributed by atoms with Crippen LogP contribution in [0.5, 0.6) is 0 Å². The predicted molar refractivity (Wildman–Crippen MR) is 267 cm³/mol. The van der Waals surface area contributed by atoms with Crippen LogP contribution in [0.2, 0.25) is 0 Å². The molecule has 8 nitrogen and oxygen atoms in total. The van der Waals surface area contributed by atoms with Gasteiger partial charge in [0.15, 0.2) is 6.10 Å². The highest BCUT2D eigenvalue weighted by molar-refractivity contribution is 5.70. The normalized spacial score (nSPS) is 14.0. The molecular weight excluding hydrogens is 799 g/mol. The Hall–Kier alpha value is -4.27. The molecule has 0 aromatic heterocycles. The van der Waals surface area contributed by atoms with Crippen LogP contribution < -0.4 is 5.11 Å². The number of ether oxygens (including phenoxy) is 3. The van der Waals surface area contributed by atoms with Gasteiger partial charge >= 0.3 is 11.9 Å². The minimum Gasteiger partial charge on any atom is -0.544 e. The fraction of sp³-hybridized carbons (Fsp3) is 0.589. The first-order valence-corrected chi connectivity index (χ1v) is 24.6. The molecule has 8 heteroatoms. The molecule has 0 saturated heterocycles. The zero-order valence-electron chi connectivity index (χ0n) is 40.9. The second kappa shape index (κ2) is 45.3. The van der Waals surface area contributed by atoms with Crippen molar-refractivity contribution in [2.75, 3.05) is 41.0 Å². The van der Waals surface area contributed by atoms with Crippen molar-refractivity contribution in [1.82, 2.24) is 0 Å². The van der Waals surface area contributed by atoms with Crippen LogP contribution in [-0.4, -0.2) is 75.5 Å². The van der Waals surface area contributed by atoms with Gasteiger partial charge in [-0.3, -0.25) is 9.59 Å². The molecule has 0 rings (SSSR count). The van der Waals surface area contributed by atoms with Gasteiger partial charge in [0.05, 0.1) is 40.3 Å². The molecule has 0 aliphatic heterocycles. The Balaban J connectivity index is 4.50. The highest BCUT2D eigenvalue weighted by atomic mass is 16.6. The Morgan fingerprint density at radius 2 is 0.875 bits per heavy atom. The molecule has 0 fully saturated rings. The lowest BCUT2D eigenvalue weighted by molar-refractivity contribution is -0.889. The van der Waals surface area contributed by atoms with Crippen molar-refractivity contribution in [1.29, 1.82) is 0 Å². The fourth-order valence-electron chi connectivity index (χ4n) is 6.31. The summed E-state index contributed by atoms with van der Waals surface area (Å²) in [5.41, 5.74) is 0. The predicted octanol–water partition coefficient (Wildman–Crippen LogP) is 12.9. The summed E-state index contributed by atoms with van der Waals surface area (Å²) in [6.07, 6.45) is 63.9. The number of likely N-dealkylation sites (N-methyl/N-ethyl adjacent to an activating group) is 1. The highest BCUT2D eigenvalue weighted by Gasteiger charge is 2.25. The molecule has 64 heavy (non-hydrogen) atoms. The molecule has 0 amide bonds. The average molecular weight is 888 g/mol. The first kappa shape index (κ1) is 59.7. The maximum absolute atomic E-state index is 12.7. The number of aliphatic carboxylic acids is 1. The molecule has 0 aromatic carbocycles. The number of carboxylic acid groups (broad SMARTS) is 1. The third kappa shape index (κ3) is 43.0. The number of hydrogen-bond donors (Lipinski definition) is 0. The minimum atomic E-state index is -1.15. The molecule has 2 atom stereocenters. The summed E-state index contributed by atoms with van der Waals surface area (Å²) < 4.78 is 17.1. The number of unbranched alkanes of at least 4 members (excludes halogenated alkanes) is 8. The Labute approximate surface area is 391 Å². The summed E-state index contributed by atoms with van der Waals surface area (Å²) in [7, 11) is 5.36. The van der Waals surface area contributed by atoms with Gasteiger partial charge in [0, 0.05) is 19.3 Å². The number of carboxylic acids is 1. The molecule has 0 saturated carbocycles. The van der Waals surface area contributed by atoms with Crippen LogP contribution >= 0.6 is 0 Å². The van der Waals surface area contributed by atoms with E-state index in [1.54, 1.807) is 21.1 Å². The standard InChI is InChI=1S/C56H89NO7/c1-6-8-10-12-14-16-18-20-22-24-25-26-27-28-29-31-33-35-37-39-41-43-45-47-55(59)64-52(50-62-49-48-53(56(60)61)57(3,4)5)51-63-54(58)46-44-42-40-38-36-34-32-30-23-21-19-17-15-13-11-9-7-2/h8,10,14,16,20-23,25-26,28-29,32-35,38-41,52-53H,6-7,9,11-13,15,17-19,24,27,30-31,36-37,42-51H2,1-5H3/b10-8+,16-14+,22-20+,23-21+,26-25+,29-28+,34-32+,35-33+,40-38+,41-39+. The van der Waals surface area contributed by atoms with Crippen molar-refractivity contribution < 1.29 is 38.2 Å². The van der Waals surface area contributed by atoms with Gasteiger partial charge in [-0.1, -0.05) is 167 Å². The van der Waals surface area contributed by atoms with Gasteiger partial charge in [0.1, 0.15) is 12.6 Å². The Morgan fingerprint density at radius 1 is 0.484 bits per heavy atom. The maximum Gasteiger partial charge on any atom is 0.306 e. The van der Waals surface area contributed by atoms with Gasteiger partial charge in [-0.2, -0.15) is 0 Å². The summed E-state index contributed by atoms with van der Waals surface area (Å²) in [5, 5.41) is 11.7. The van der Waals surface area contributed by atoms with Crippen LogP contribution in [0.1, 0.15) is 162 Å².